The van der Waals surface area contributed by atoms with Crippen molar-refractivity contribution in [1.29, 1.82) is 0 Å². The molecule has 0 unspecified atom stereocenters. The second-order valence-corrected chi connectivity index (χ2v) is 6.74. The summed E-state index contributed by atoms with van der Waals surface area (Å²) in [5, 5.41) is 6.14. The third-order valence-electron chi connectivity index (χ3n) is 4.32. The van der Waals surface area contributed by atoms with Crippen molar-refractivity contribution in [1.82, 2.24) is 15.5 Å². The molecule has 0 spiro atoms. The molecule has 0 aliphatic heterocycles. The topological polar surface area (TPSA) is 66.0 Å². The van der Waals surface area contributed by atoms with Crippen LogP contribution < -0.4 is 15.4 Å². The first-order chi connectivity index (χ1) is 14.4. The second-order valence-electron chi connectivity index (χ2n) is 6.74. The Morgan fingerprint density at radius 2 is 1.84 bits per heavy atom. The normalized spacial score (nSPS) is 11.0. The molecule has 0 aliphatic carbocycles. The van der Waals surface area contributed by atoms with Gasteiger partial charge in [-0.25, -0.2) is 0 Å². The smallest absolute Gasteiger partial charge is 0.387 e. The van der Waals surface area contributed by atoms with Crippen LogP contribution in [0.1, 0.15) is 34.8 Å². The van der Waals surface area contributed by atoms with Gasteiger partial charge in [0.2, 0.25) is 0 Å². The zero-order valence-corrected chi connectivity index (χ0v) is 20.2. The van der Waals surface area contributed by atoms with E-state index in [0.717, 1.165) is 17.5 Å². The number of nitrogens with one attached hydrogen (secondary N) is 2. The van der Waals surface area contributed by atoms with Crippen LogP contribution in [-0.4, -0.2) is 44.0 Å². The van der Waals surface area contributed by atoms with E-state index >= 15 is 0 Å². The van der Waals surface area contributed by atoms with Crippen LogP contribution >= 0.6 is 24.0 Å². The number of nitrogens with zero attached hydrogens (tertiary/aromatic N) is 2. The van der Waals surface area contributed by atoms with E-state index in [1.165, 1.54) is 12.1 Å². The van der Waals surface area contributed by atoms with E-state index in [0.29, 0.717) is 31.2 Å². The Labute approximate surface area is 199 Å². The fraction of sp³-hybridized carbons (Fsp3) is 0.364. The molecule has 1 amide bonds. The van der Waals surface area contributed by atoms with Crippen LogP contribution in [0.15, 0.2) is 53.5 Å². The highest BCUT2D eigenvalue weighted by Crippen LogP contribution is 2.16. The Balaban J connectivity index is 0.00000480. The number of guanidine groups is 1. The molecule has 170 valence electrons. The molecule has 0 aliphatic rings. The largest absolute Gasteiger partial charge is 0.435 e. The first kappa shape index (κ1) is 26.6. The maximum atomic E-state index is 12.3. The van der Waals surface area contributed by atoms with Gasteiger partial charge < -0.3 is 20.3 Å². The molecule has 0 fully saturated rings. The van der Waals surface area contributed by atoms with Crippen molar-refractivity contribution in [2.75, 3.05) is 20.6 Å². The van der Waals surface area contributed by atoms with Crippen LogP contribution in [0.2, 0.25) is 0 Å². The molecule has 6 nitrogen and oxygen atoms in total. The van der Waals surface area contributed by atoms with Crippen LogP contribution in [0.25, 0.3) is 0 Å². The fourth-order valence-electron chi connectivity index (χ4n) is 2.85. The number of halogens is 3. The molecular weight excluding hydrogens is 517 g/mol. The predicted octanol–water partition coefficient (Wildman–Crippen LogP) is 4.25. The fourth-order valence-corrected chi connectivity index (χ4v) is 2.85. The van der Waals surface area contributed by atoms with Gasteiger partial charge >= 0.3 is 6.61 Å². The number of aliphatic imine (C=N–C) groups is 1. The summed E-state index contributed by atoms with van der Waals surface area (Å²) in [5.41, 5.74) is 2.51. The molecule has 0 saturated heterocycles. The maximum absolute atomic E-state index is 12.3. The zero-order valence-electron chi connectivity index (χ0n) is 17.9. The van der Waals surface area contributed by atoms with E-state index in [1.807, 2.05) is 37.1 Å². The van der Waals surface area contributed by atoms with Crippen molar-refractivity contribution in [3.05, 3.63) is 65.2 Å². The Kier molecular flexibility index (Phi) is 11.8. The van der Waals surface area contributed by atoms with E-state index in [9.17, 15) is 13.6 Å². The molecule has 2 aromatic rings. The van der Waals surface area contributed by atoms with E-state index < -0.39 is 6.61 Å². The highest BCUT2D eigenvalue weighted by atomic mass is 127. The van der Waals surface area contributed by atoms with Gasteiger partial charge in [-0.3, -0.25) is 9.79 Å². The first-order valence-corrected chi connectivity index (χ1v) is 9.75. The van der Waals surface area contributed by atoms with E-state index in [2.05, 4.69) is 20.4 Å². The Bertz CT molecular complexity index is 848. The number of benzene rings is 2. The molecule has 0 saturated carbocycles. The second kappa shape index (κ2) is 13.8. The predicted molar refractivity (Wildman–Crippen MR) is 129 cm³/mol. The minimum Gasteiger partial charge on any atom is -0.435 e. The molecule has 0 aromatic heterocycles. The molecule has 0 radical (unpaired) electrons. The van der Waals surface area contributed by atoms with Gasteiger partial charge in [0, 0.05) is 39.3 Å². The standard InChI is InChI=1S/C22H28F2N4O2.HI/c1-4-12-26-20(29)18-7-5-6-17(13-18)14-27-22(25-2)28(3)15-16-8-10-19(11-9-16)30-21(23)24;/h5-11,13,21H,4,12,14-15H2,1-3H3,(H,25,27)(H,26,29);1H. The number of carbonyl (C=O) groups excluding carboxylic acids is 1. The lowest BCUT2D eigenvalue weighted by atomic mass is 10.1. The highest BCUT2D eigenvalue weighted by molar-refractivity contribution is 14.0. The maximum Gasteiger partial charge on any atom is 0.387 e. The van der Waals surface area contributed by atoms with Crippen LogP contribution in [0.4, 0.5) is 8.78 Å². The van der Waals surface area contributed by atoms with E-state index in [4.69, 9.17) is 0 Å². The van der Waals surface area contributed by atoms with Gasteiger partial charge in [0.05, 0.1) is 0 Å². The van der Waals surface area contributed by atoms with Gasteiger partial charge in [-0.2, -0.15) is 8.78 Å². The summed E-state index contributed by atoms with van der Waals surface area (Å²) in [4.78, 5) is 18.3. The molecule has 0 bridgehead atoms. The summed E-state index contributed by atoms with van der Waals surface area (Å²) in [6.07, 6.45) is 0.887. The number of hydrogen-bond donors (Lipinski definition) is 2. The summed E-state index contributed by atoms with van der Waals surface area (Å²) in [7, 11) is 3.57. The number of alkyl halides is 2. The average Bonchev–Trinajstić information content (AvgIpc) is 2.73. The van der Waals surface area contributed by atoms with Crippen LogP contribution in [0.5, 0.6) is 5.75 Å². The summed E-state index contributed by atoms with van der Waals surface area (Å²) in [5.74, 6) is 0.713. The Morgan fingerprint density at radius 1 is 1.13 bits per heavy atom. The van der Waals surface area contributed by atoms with Crippen molar-refractivity contribution >= 4 is 35.8 Å². The zero-order chi connectivity index (χ0) is 21.9. The summed E-state index contributed by atoms with van der Waals surface area (Å²) in [6.45, 7) is 0.862. The van der Waals surface area contributed by atoms with Crippen molar-refractivity contribution in [3.63, 3.8) is 0 Å². The lowest BCUT2D eigenvalue weighted by Crippen LogP contribution is -2.38. The summed E-state index contributed by atoms with van der Waals surface area (Å²) >= 11 is 0. The number of hydrogen-bond acceptors (Lipinski definition) is 3. The molecular formula is C22H29F2IN4O2. The molecule has 0 heterocycles. The Morgan fingerprint density at radius 3 is 2.45 bits per heavy atom. The van der Waals surface area contributed by atoms with Gasteiger partial charge in [-0.15, -0.1) is 24.0 Å². The van der Waals surface area contributed by atoms with Gasteiger partial charge in [0.25, 0.3) is 5.91 Å². The van der Waals surface area contributed by atoms with E-state index in [1.54, 1.807) is 25.2 Å². The third-order valence-corrected chi connectivity index (χ3v) is 4.32. The minimum absolute atomic E-state index is 0. The van der Waals surface area contributed by atoms with Gasteiger partial charge in [-0.1, -0.05) is 31.2 Å². The lowest BCUT2D eigenvalue weighted by molar-refractivity contribution is -0.0498. The number of carbonyl (C=O) groups is 1. The quantitative estimate of drug-likeness (QED) is 0.281. The van der Waals surface area contributed by atoms with Crippen molar-refractivity contribution in [2.24, 2.45) is 4.99 Å². The van der Waals surface area contributed by atoms with Gasteiger partial charge in [-0.05, 0) is 41.8 Å². The summed E-state index contributed by atoms with van der Waals surface area (Å²) in [6, 6.07) is 13.9. The van der Waals surface area contributed by atoms with Crippen molar-refractivity contribution < 1.29 is 18.3 Å². The molecule has 2 rings (SSSR count). The highest BCUT2D eigenvalue weighted by Gasteiger charge is 2.10. The minimum atomic E-state index is -2.84. The molecule has 31 heavy (non-hydrogen) atoms. The third kappa shape index (κ3) is 9.07. The Hall–Kier alpha value is -2.43. The lowest BCUT2D eigenvalue weighted by Gasteiger charge is -2.22. The van der Waals surface area contributed by atoms with Crippen LogP contribution in [0.3, 0.4) is 0 Å². The molecule has 0 atom stereocenters. The average molecular weight is 546 g/mol. The molecule has 2 N–H and O–H groups in total. The molecule has 9 heteroatoms. The summed E-state index contributed by atoms with van der Waals surface area (Å²) < 4.78 is 28.9. The van der Waals surface area contributed by atoms with Crippen LogP contribution in [0, 0.1) is 0 Å². The van der Waals surface area contributed by atoms with Gasteiger partial charge in [0.15, 0.2) is 5.96 Å². The van der Waals surface area contributed by atoms with Gasteiger partial charge in [0.1, 0.15) is 5.75 Å². The monoisotopic (exact) mass is 546 g/mol. The van der Waals surface area contributed by atoms with Crippen molar-refractivity contribution in [3.8, 4) is 5.75 Å². The van der Waals surface area contributed by atoms with Crippen LogP contribution in [-0.2, 0) is 13.1 Å². The number of amides is 1. The van der Waals surface area contributed by atoms with Crippen molar-refractivity contribution in [2.45, 2.75) is 33.0 Å². The SMILES string of the molecule is CCCNC(=O)c1cccc(CNC(=NC)N(C)Cc2ccc(OC(F)F)cc2)c1.I. The molecule has 2 aromatic carbocycles. The number of rotatable bonds is 9. The van der Waals surface area contributed by atoms with E-state index in [-0.39, 0.29) is 35.6 Å². The first-order valence-electron chi connectivity index (χ1n) is 9.75. The number of ether oxygens (including phenoxy) is 1.